The van der Waals surface area contributed by atoms with Gasteiger partial charge in [0.05, 0.1) is 0 Å². The highest BCUT2D eigenvalue weighted by Crippen LogP contribution is 2.24. The molecule has 0 amide bonds. The lowest BCUT2D eigenvalue weighted by Crippen LogP contribution is -2.14. The lowest BCUT2D eigenvalue weighted by atomic mass is 9.95. The fraction of sp³-hybridized carbons (Fsp3) is 0.500. The summed E-state index contributed by atoms with van der Waals surface area (Å²) in [5, 5.41) is 0. The van der Waals surface area contributed by atoms with Crippen molar-refractivity contribution >= 4 is 15.9 Å². The van der Waals surface area contributed by atoms with Gasteiger partial charge in [-0.25, -0.2) is 4.39 Å². The van der Waals surface area contributed by atoms with E-state index in [0.29, 0.717) is 5.92 Å². The second-order valence-corrected chi connectivity index (χ2v) is 4.97. The molecular weight excluding hydrogens is 257 g/mol. The van der Waals surface area contributed by atoms with Gasteiger partial charge >= 0.3 is 0 Å². The maximum absolute atomic E-state index is 13.1. The first-order valence-corrected chi connectivity index (χ1v) is 6.03. The van der Waals surface area contributed by atoms with E-state index in [1.807, 2.05) is 6.07 Å². The lowest BCUT2D eigenvalue weighted by molar-refractivity contribution is 0.460. The monoisotopic (exact) mass is 273 g/mol. The number of benzene rings is 1. The van der Waals surface area contributed by atoms with E-state index in [4.69, 9.17) is 5.73 Å². The Morgan fingerprint density at radius 2 is 2.07 bits per heavy atom. The smallest absolute Gasteiger partial charge is 0.124 e. The van der Waals surface area contributed by atoms with E-state index >= 15 is 0 Å². The molecular formula is C12H17BrFN. The molecule has 0 aliphatic heterocycles. The van der Waals surface area contributed by atoms with E-state index in [1.54, 1.807) is 0 Å². The Labute approximate surface area is 99.0 Å². The van der Waals surface area contributed by atoms with Crippen LogP contribution in [0.3, 0.4) is 0 Å². The maximum Gasteiger partial charge on any atom is 0.124 e. The summed E-state index contributed by atoms with van der Waals surface area (Å²) in [6, 6.07) is 4.76. The quantitative estimate of drug-likeness (QED) is 0.881. The van der Waals surface area contributed by atoms with Gasteiger partial charge in [-0.1, -0.05) is 36.2 Å². The Morgan fingerprint density at radius 3 is 2.60 bits per heavy atom. The molecule has 1 nitrogen and oxygen atoms in total. The van der Waals surface area contributed by atoms with Crippen molar-refractivity contribution in [2.75, 3.05) is 0 Å². The standard InChI is InChI=1S/C12H17BrFN/c1-3-8(2)4-12(15)9-5-10(13)7-11(14)6-9/h5-8,12H,3-4,15H2,1-2H3. The molecule has 0 heterocycles. The van der Waals surface area contributed by atoms with Crippen molar-refractivity contribution < 1.29 is 4.39 Å². The average molecular weight is 274 g/mol. The summed E-state index contributed by atoms with van der Waals surface area (Å²) < 4.78 is 13.9. The van der Waals surface area contributed by atoms with Gasteiger partial charge in [0, 0.05) is 10.5 Å². The third-order valence-electron chi connectivity index (χ3n) is 2.67. The summed E-state index contributed by atoms with van der Waals surface area (Å²) in [6.45, 7) is 4.30. The van der Waals surface area contributed by atoms with E-state index in [-0.39, 0.29) is 11.9 Å². The van der Waals surface area contributed by atoms with Gasteiger partial charge < -0.3 is 5.73 Å². The van der Waals surface area contributed by atoms with Gasteiger partial charge in [0.15, 0.2) is 0 Å². The third-order valence-corrected chi connectivity index (χ3v) is 3.12. The minimum Gasteiger partial charge on any atom is -0.324 e. The predicted octanol–water partition coefficient (Wildman–Crippen LogP) is 4.02. The third kappa shape index (κ3) is 3.92. The minimum atomic E-state index is -0.237. The van der Waals surface area contributed by atoms with Crippen LogP contribution in [0.4, 0.5) is 4.39 Å². The summed E-state index contributed by atoms with van der Waals surface area (Å²) in [6.07, 6.45) is 2.00. The van der Waals surface area contributed by atoms with Crippen LogP contribution in [0.2, 0.25) is 0 Å². The summed E-state index contributed by atoms with van der Waals surface area (Å²) >= 11 is 3.27. The summed E-state index contributed by atoms with van der Waals surface area (Å²) in [5.74, 6) is 0.334. The molecule has 0 saturated carbocycles. The minimum absolute atomic E-state index is 0.0769. The molecule has 0 spiro atoms. The second-order valence-electron chi connectivity index (χ2n) is 4.06. The van der Waals surface area contributed by atoms with Crippen LogP contribution >= 0.6 is 15.9 Å². The Morgan fingerprint density at radius 1 is 1.40 bits per heavy atom. The number of hydrogen-bond acceptors (Lipinski definition) is 1. The molecule has 1 aromatic carbocycles. The zero-order valence-corrected chi connectivity index (χ0v) is 10.7. The van der Waals surface area contributed by atoms with E-state index in [2.05, 4.69) is 29.8 Å². The van der Waals surface area contributed by atoms with Crippen molar-refractivity contribution in [2.45, 2.75) is 32.7 Å². The predicted molar refractivity (Wildman–Crippen MR) is 65.1 cm³/mol. The molecule has 2 N–H and O–H groups in total. The Hall–Kier alpha value is -0.410. The molecule has 0 aliphatic rings. The Balaban J connectivity index is 2.77. The lowest BCUT2D eigenvalue weighted by Gasteiger charge is -2.16. The first-order chi connectivity index (χ1) is 7.02. The molecule has 0 fully saturated rings. The molecule has 15 heavy (non-hydrogen) atoms. The first kappa shape index (κ1) is 12.7. The fourth-order valence-electron chi connectivity index (χ4n) is 1.53. The summed E-state index contributed by atoms with van der Waals surface area (Å²) in [5.41, 5.74) is 6.88. The van der Waals surface area contributed by atoms with Crippen LogP contribution in [-0.4, -0.2) is 0 Å². The molecule has 0 saturated heterocycles. The first-order valence-electron chi connectivity index (χ1n) is 5.24. The molecule has 1 rings (SSSR count). The number of hydrogen-bond donors (Lipinski definition) is 1. The molecule has 0 aliphatic carbocycles. The number of rotatable bonds is 4. The highest BCUT2D eigenvalue weighted by Gasteiger charge is 2.11. The number of nitrogens with two attached hydrogens (primary N) is 1. The summed E-state index contributed by atoms with van der Waals surface area (Å²) in [7, 11) is 0. The Bertz CT molecular complexity index is 307. The van der Waals surface area contributed by atoms with E-state index in [9.17, 15) is 4.39 Å². The number of halogens is 2. The zero-order chi connectivity index (χ0) is 11.4. The van der Waals surface area contributed by atoms with Crippen LogP contribution < -0.4 is 5.73 Å². The SMILES string of the molecule is CCC(C)CC(N)c1cc(F)cc(Br)c1. The maximum atomic E-state index is 13.1. The van der Waals surface area contributed by atoms with E-state index < -0.39 is 0 Å². The molecule has 0 bridgehead atoms. The van der Waals surface area contributed by atoms with E-state index in [1.165, 1.54) is 12.1 Å². The van der Waals surface area contributed by atoms with Crippen molar-refractivity contribution in [1.29, 1.82) is 0 Å². The summed E-state index contributed by atoms with van der Waals surface area (Å²) in [4.78, 5) is 0. The van der Waals surface area contributed by atoms with Crippen LogP contribution in [-0.2, 0) is 0 Å². The largest absolute Gasteiger partial charge is 0.324 e. The van der Waals surface area contributed by atoms with Crippen molar-refractivity contribution in [2.24, 2.45) is 11.7 Å². The van der Waals surface area contributed by atoms with Gasteiger partial charge in [-0.05, 0) is 36.1 Å². The molecule has 1 aromatic rings. The highest BCUT2D eigenvalue weighted by atomic mass is 79.9. The molecule has 0 radical (unpaired) electrons. The molecule has 84 valence electrons. The van der Waals surface area contributed by atoms with Gasteiger partial charge in [-0.2, -0.15) is 0 Å². The average Bonchev–Trinajstić information content (AvgIpc) is 2.16. The topological polar surface area (TPSA) is 26.0 Å². The van der Waals surface area contributed by atoms with Crippen molar-refractivity contribution in [3.8, 4) is 0 Å². The van der Waals surface area contributed by atoms with Gasteiger partial charge in [-0.3, -0.25) is 0 Å². The van der Waals surface area contributed by atoms with Crippen molar-refractivity contribution in [3.05, 3.63) is 34.1 Å². The van der Waals surface area contributed by atoms with E-state index in [0.717, 1.165) is 22.9 Å². The van der Waals surface area contributed by atoms with Crippen LogP contribution in [0.5, 0.6) is 0 Å². The van der Waals surface area contributed by atoms with Crippen LogP contribution in [0.15, 0.2) is 22.7 Å². The van der Waals surface area contributed by atoms with Gasteiger partial charge in [0.1, 0.15) is 5.82 Å². The molecule has 3 heteroatoms. The zero-order valence-electron chi connectivity index (χ0n) is 9.13. The van der Waals surface area contributed by atoms with Gasteiger partial charge in [-0.15, -0.1) is 0 Å². The fourth-order valence-corrected chi connectivity index (χ4v) is 2.01. The van der Waals surface area contributed by atoms with Crippen molar-refractivity contribution in [1.82, 2.24) is 0 Å². The molecule has 0 aromatic heterocycles. The van der Waals surface area contributed by atoms with Gasteiger partial charge in [0.25, 0.3) is 0 Å². The van der Waals surface area contributed by atoms with Crippen LogP contribution in [0, 0.1) is 11.7 Å². The molecule has 2 atom stereocenters. The van der Waals surface area contributed by atoms with Gasteiger partial charge in [0.2, 0.25) is 0 Å². The highest BCUT2D eigenvalue weighted by molar-refractivity contribution is 9.10. The second kappa shape index (κ2) is 5.61. The van der Waals surface area contributed by atoms with Crippen molar-refractivity contribution in [3.63, 3.8) is 0 Å². The normalized spacial score (nSPS) is 15.0. The molecule has 2 unspecified atom stereocenters. The van der Waals surface area contributed by atoms with Crippen LogP contribution in [0.1, 0.15) is 38.3 Å². The van der Waals surface area contributed by atoms with Crippen LogP contribution in [0.25, 0.3) is 0 Å². The Kier molecular flexibility index (Phi) is 4.74.